The minimum atomic E-state index is -0.139. The number of nitrogens with one attached hydrogen (secondary N) is 2. The van der Waals surface area contributed by atoms with E-state index in [2.05, 4.69) is 15.3 Å². The lowest BCUT2D eigenvalue weighted by Gasteiger charge is -2.18. The molecule has 0 saturated heterocycles. The summed E-state index contributed by atoms with van der Waals surface area (Å²) in [6, 6.07) is 1.44. The van der Waals surface area contributed by atoms with Crippen molar-refractivity contribution in [2.24, 2.45) is 0 Å². The summed E-state index contributed by atoms with van der Waals surface area (Å²) in [5.74, 6) is 1.84. The predicted octanol–water partition coefficient (Wildman–Crippen LogP) is 1.32. The van der Waals surface area contributed by atoms with Gasteiger partial charge in [-0.25, -0.2) is 4.98 Å². The van der Waals surface area contributed by atoms with Crippen molar-refractivity contribution in [1.29, 1.82) is 0 Å². The third kappa shape index (κ3) is 3.82. The molecule has 1 aromatic heterocycles. The van der Waals surface area contributed by atoms with Crippen LogP contribution in [0.1, 0.15) is 44.9 Å². The summed E-state index contributed by atoms with van der Waals surface area (Å²) in [7, 11) is 0. The van der Waals surface area contributed by atoms with Crippen LogP contribution in [0, 0.1) is 0 Å². The Morgan fingerprint density at radius 2 is 2.15 bits per heavy atom. The second-order valence-corrected chi connectivity index (χ2v) is 5.03. The van der Waals surface area contributed by atoms with Crippen molar-refractivity contribution in [2.75, 3.05) is 25.0 Å². The lowest BCUT2D eigenvalue weighted by molar-refractivity contribution is -0.130. The fourth-order valence-corrected chi connectivity index (χ4v) is 2.15. The Hall–Kier alpha value is -1.85. The van der Waals surface area contributed by atoms with Gasteiger partial charge in [0.2, 0.25) is 5.91 Å². The molecular formula is C14H22N4O2. The van der Waals surface area contributed by atoms with E-state index in [-0.39, 0.29) is 11.5 Å². The molecule has 2 N–H and O–H groups in total. The van der Waals surface area contributed by atoms with Gasteiger partial charge in [0.1, 0.15) is 11.6 Å². The molecule has 6 nitrogen and oxygen atoms in total. The lowest BCUT2D eigenvalue weighted by atomic mass is 10.3. The van der Waals surface area contributed by atoms with E-state index in [1.807, 2.05) is 13.8 Å². The fraction of sp³-hybridized carbons (Fsp3) is 0.643. The topological polar surface area (TPSA) is 78.1 Å². The molecule has 0 unspecified atom stereocenters. The SMILES string of the molecule is CCN(CC)C(=O)CCNc1cc(=O)[nH]c(C2CC2)n1. The third-order valence-corrected chi connectivity index (χ3v) is 3.49. The molecule has 0 aromatic carbocycles. The molecule has 0 bridgehead atoms. The van der Waals surface area contributed by atoms with Crippen molar-refractivity contribution in [3.8, 4) is 0 Å². The Kier molecular flexibility index (Phi) is 4.76. The molecule has 20 heavy (non-hydrogen) atoms. The smallest absolute Gasteiger partial charge is 0.252 e. The van der Waals surface area contributed by atoms with Crippen LogP contribution in [0.4, 0.5) is 5.82 Å². The number of rotatable bonds is 7. The molecule has 1 aliphatic carbocycles. The number of aromatic amines is 1. The van der Waals surface area contributed by atoms with Gasteiger partial charge < -0.3 is 15.2 Å². The van der Waals surface area contributed by atoms with E-state index in [0.29, 0.717) is 24.7 Å². The first-order valence-corrected chi connectivity index (χ1v) is 7.27. The molecule has 2 rings (SSSR count). The highest BCUT2D eigenvalue weighted by Gasteiger charge is 2.26. The first-order chi connectivity index (χ1) is 9.63. The van der Waals surface area contributed by atoms with Crippen LogP contribution >= 0.6 is 0 Å². The summed E-state index contributed by atoms with van der Waals surface area (Å²) in [5.41, 5.74) is -0.139. The fourth-order valence-electron chi connectivity index (χ4n) is 2.15. The van der Waals surface area contributed by atoms with Gasteiger partial charge in [-0.05, 0) is 26.7 Å². The van der Waals surface area contributed by atoms with Crippen molar-refractivity contribution < 1.29 is 4.79 Å². The number of hydrogen-bond donors (Lipinski definition) is 2. The standard InChI is InChI=1S/C14H22N4O2/c1-3-18(4-2)13(20)7-8-15-11-9-12(19)17-14(16-11)10-5-6-10/h9-10H,3-8H2,1-2H3,(H2,15,16,17,19). The Bertz CT molecular complexity index is 518. The summed E-state index contributed by atoms with van der Waals surface area (Å²) in [4.78, 5) is 32.3. The number of nitrogens with zero attached hydrogens (tertiary/aromatic N) is 2. The number of hydrogen-bond acceptors (Lipinski definition) is 4. The molecular weight excluding hydrogens is 256 g/mol. The monoisotopic (exact) mass is 278 g/mol. The second kappa shape index (κ2) is 6.54. The summed E-state index contributed by atoms with van der Waals surface area (Å²) in [6.45, 7) is 5.88. The number of H-pyrrole nitrogens is 1. The largest absolute Gasteiger partial charge is 0.369 e. The van der Waals surface area contributed by atoms with Crippen LogP contribution < -0.4 is 10.9 Å². The molecule has 110 valence electrons. The van der Waals surface area contributed by atoms with E-state index in [9.17, 15) is 9.59 Å². The van der Waals surface area contributed by atoms with Gasteiger partial charge in [-0.3, -0.25) is 9.59 Å². The van der Waals surface area contributed by atoms with Gasteiger partial charge in [0.15, 0.2) is 0 Å². The van der Waals surface area contributed by atoms with Gasteiger partial charge in [0.25, 0.3) is 5.56 Å². The van der Waals surface area contributed by atoms with E-state index in [4.69, 9.17) is 0 Å². The molecule has 1 aromatic rings. The van der Waals surface area contributed by atoms with E-state index in [0.717, 1.165) is 31.8 Å². The van der Waals surface area contributed by atoms with E-state index >= 15 is 0 Å². The Labute approximate surface area is 118 Å². The minimum absolute atomic E-state index is 0.120. The summed E-state index contributed by atoms with van der Waals surface area (Å²) >= 11 is 0. The third-order valence-electron chi connectivity index (χ3n) is 3.49. The molecule has 0 aliphatic heterocycles. The van der Waals surface area contributed by atoms with Crippen LogP contribution in [0.15, 0.2) is 10.9 Å². The Balaban J connectivity index is 1.87. The zero-order valence-electron chi connectivity index (χ0n) is 12.1. The molecule has 1 fully saturated rings. The second-order valence-electron chi connectivity index (χ2n) is 5.03. The Morgan fingerprint density at radius 1 is 1.45 bits per heavy atom. The number of amides is 1. The van der Waals surface area contributed by atoms with Gasteiger partial charge in [-0.2, -0.15) is 0 Å². The highest BCUT2D eigenvalue weighted by atomic mass is 16.2. The molecule has 6 heteroatoms. The molecule has 0 atom stereocenters. The maximum Gasteiger partial charge on any atom is 0.252 e. The summed E-state index contributed by atoms with van der Waals surface area (Å²) in [5, 5.41) is 3.06. The molecule has 1 saturated carbocycles. The van der Waals surface area contributed by atoms with Crippen molar-refractivity contribution in [3.63, 3.8) is 0 Å². The van der Waals surface area contributed by atoms with Crippen LogP contribution in [-0.4, -0.2) is 40.4 Å². The Morgan fingerprint density at radius 3 is 2.75 bits per heavy atom. The molecule has 0 spiro atoms. The molecule has 1 aliphatic rings. The lowest BCUT2D eigenvalue weighted by Crippen LogP contribution is -2.31. The maximum atomic E-state index is 11.8. The zero-order chi connectivity index (χ0) is 14.5. The van der Waals surface area contributed by atoms with E-state index < -0.39 is 0 Å². The highest BCUT2D eigenvalue weighted by Crippen LogP contribution is 2.37. The van der Waals surface area contributed by atoms with Gasteiger partial charge in [-0.1, -0.05) is 0 Å². The van der Waals surface area contributed by atoms with Crippen molar-refractivity contribution in [1.82, 2.24) is 14.9 Å². The van der Waals surface area contributed by atoms with Crippen LogP contribution in [0.2, 0.25) is 0 Å². The highest BCUT2D eigenvalue weighted by molar-refractivity contribution is 5.76. The van der Waals surface area contributed by atoms with Crippen molar-refractivity contribution >= 4 is 11.7 Å². The molecule has 1 heterocycles. The van der Waals surface area contributed by atoms with E-state index in [1.165, 1.54) is 6.07 Å². The number of carbonyl (C=O) groups is 1. The quantitative estimate of drug-likeness (QED) is 0.788. The number of aromatic nitrogens is 2. The van der Waals surface area contributed by atoms with Crippen LogP contribution in [0.3, 0.4) is 0 Å². The van der Waals surface area contributed by atoms with Gasteiger partial charge in [-0.15, -0.1) is 0 Å². The van der Waals surface area contributed by atoms with Gasteiger partial charge in [0.05, 0.1) is 0 Å². The van der Waals surface area contributed by atoms with Gasteiger partial charge >= 0.3 is 0 Å². The van der Waals surface area contributed by atoms with Gasteiger partial charge in [0, 0.05) is 38.0 Å². The van der Waals surface area contributed by atoms with Crippen LogP contribution in [0.5, 0.6) is 0 Å². The predicted molar refractivity (Wildman–Crippen MR) is 77.9 cm³/mol. The first kappa shape index (κ1) is 14.6. The average molecular weight is 278 g/mol. The zero-order valence-corrected chi connectivity index (χ0v) is 12.1. The van der Waals surface area contributed by atoms with Crippen LogP contribution in [0.25, 0.3) is 0 Å². The molecule has 0 radical (unpaired) electrons. The summed E-state index contributed by atoms with van der Waals surface area (Å²) < 4.78 is 0. The minimum Gasteiger partial charge on any atom is -0.369 e. The average Bonchev–Trinajstić information content (AvgIpc) is 3.24. The van der Waals surface area contributed by atoms with E-state index in [1.54, 1.807) is 4.90 Å². The normalized spacial score (nSPS) is 14.1. The first-order valence-electron chi connectivity index (χ1n) is 7.27. The van der Waals surface area contributed by atoms with Crippen molar-refractivity contribution in [3.05, 3.63) is 22.2 Å². The number of anilines is 1. The number of carbonyl (C=O) groups excluding carboxylic acids is 1. The van der Waals surface area contributed by atoms with Crippen molar-refractivity contribution in [2.45, 2.75) is 39.0 Å². The van der Waals surface area contributed by atoms with Crippen LogP contribution in [-0.2, 0) is 4.79 Å². The summed E-state index contributed by atoms with van der Waals surface area (Å²) in [6.07, 6.45) is 2.59. The maximum absolute atomic E-state index is 11.8. The molecule has 1 amide bonds.